The number of aryl methyl sites for hydroxylation is 2. The van der Waals surface area contributed by atoms with Crippen molar-refractivity contribution >= 4 is 16.9 Å². The SMILES string of the molecule is COc1cc(-c2c3c(nc4c5c(ccc24)CCC5)COC3=O)c(OC)c2c1OCO2. The molecule has 0 fully saturated rings. The van der Waals surface area contributed by atoms with Gasteiger partial charge in [0, 0.05) is 16.5 Å². The van der Waals surface area contributed by atoms with Gasteiger partial charge in [-0.25, -0.2) is 9.78 Å². The van der Waals surface area contributed by atoms with Crippen molar-refractivity contribution < 1.29 is 28.5 Å². The van der Waals surface area contributed by atoms with Crippen molar-refractivity contribution in [3.63, 3.8) is 0 Å². The van der Waals surface area contributed by atoms with E-state index in [2.05, 4.69) is 6.07 Å². The minimum Gasteiger partial charge on any atom is -0.493 e. The Morgan fingerprint density at radius 3 is 2.70 bits per heavy atom. The molecule has 3 aliphatic rings. The number of pyridine rings is 1. The van der Waals surface area contributed by atoms with E-state index in [9.17, 15) is 4.79 Å². The van der Waals surface area contributed by atoms with Crippen molar-refractivity contribution in [2.45, 2.75) is 25.9 Å². The van der Waals surface area contributed by atoms with Gasteiger partial charge in [0.05, 0.1) is 31.0 Å². The molecule has 7 heteroatoms. The van der Waals surface area contributed by atoms with Crippen LogP contribution in [-0.2, 0) is 24.2 Å². The van der Waals surface area contributed by atoms with Gasteiger partial charge >= 0.3 is 5.97 Å². The van der Waals surface area contributed by atoms with Crippen LogP contribution in [0.1, 0.15) is 33.6 Å². The number of fused-ring (bicyclic) bond motifs is 5. The number of carbonyl (C=O) groups is 1. The Morgan fingerprint density at radius 1 is 1.00 bits per heavy atom. The number of rotatable bonds is 3. The molecule has 0 spiro atoms. The monoisotopic (exact) mass is 405 g/mol. The molecule has 1 aliphatic carbocycles. The van der Waals surface area contributed by atoms with Gasteiger partial charge in [-0.1, -0.05) is 12.1 Å². The van der Waals surface area contributed by atoms with E-state index in [1.807, 2.05) is 12.1 Å². The Labute approximate surface area is 172 Å². The first-order chi connectivity index (χ1) is 14.7. The number of nitrogens with zero attached hydrogens (tertiary/aromatic N) is 1. The van der Waals surface area contributed by atoms with E-state index >= 15 is 0 Å². The highest BCUT2D eigenvalue weighted by atomic mass is 16.7. The fourth-order valence-corrected chi connectivity index (χ4v) is 4.81. The second-order valence-electron chi connectivity index (χ2n) is 7.56. The van der Waals surface area contributed by atoms with Gasteiger partial charge in [0.1, 0.15) is 6.61 Å². The normalized spacial score (nSPS) is 15.9. The molecule has 0 radical (unpaired) electrons. The van der Waals surface area contributed by atoms with Gasteiger partial charge < -0.3 is 23.7 Å². The summed E-state index contributed by atoms with van der Waals surface area (Å²) in [5.74, 6) is 1.60. The molecular formula is C23H19NO6. The molecule has 0 amide bonds. The van der Waals surface area contributed by atoms with Crippen molar-refractivity contribution in [1.29, 1.82) is 0 Å². The molecule has 0 unspecified atom stereocenters. The summed E-state index contributed by atoms with van der Waals surface area (Å²) in [6.07, 6.45) is 3.14. The zero-order chi connectivity index (χ0) is 20.4. The fraction of sp³-hybridized carbons (Fsp3) is 0.304. The van der Waals surface area contributed by atoms with E-state index in [4.69, 9.17) is 28.7 Å². The van der Waals surface area contributed by atoms with Crippen molar-refractivity contribution in [3.8, 4) is 34.1 Å². The van der Waals surface area contributed by atoms with Gasteiger partial charge in [-0.15, -0.1) is 0 Å². The maximum Gasteiger partial charge on any atom is 0.341 e. The zero-order valence-corrected chi connectivity index (χ0v) is 16.7. The highest BCUT2D eigenvalue weighted by Crippen LogP contribution is 2.54. The highest BCUT2D eigenvalue weighted by molar-refractivity contribution is 6.11. The predicted octanol–water partition coefficient (Wildman–Crippen LogP) is 3.81. The number of hydrogen-bond donors (Lipinski definition) is 0. The molecular weight excluding hydrogens is 386 g/mol. The molecule has 2 aromatic carbocycles. The van der Waals surface area contributed by atoms with Crippen LogP contribution in [0.3, 0.4) is 0 Å². The molecule has 2 aliphatic heterocycles. The molecule has 0 saturated carbocycles. The van der Waals surface area contributed by atoms with Gasteiger partial charge in [0.2, 0.25) is 18.3 Å². The molecule has 0 atom stereocenters. The van der Waals surface area contributed by atoms with E-state index in [1.54, 1.807) is 14.2 Å². The van der Waals surface area contributed by atoms with Gasteiger partial charge in [-0.05, 0) is 36.5 Å². The Hall–Kier alpha value is -3.48. The van der Waals surface area contributed by atoms with Crippen molar-refractivity contribution in [2.24, 2.45) is 0 Å². The largest absolute Gasteiger partial charge is 0.493 e. The van der Waals surface area contributed by atoms with E-state index in [1.165, 1.54) is 11.1 Å². The molecule has 0 bridgehead atoms. The number of ether oxygens (including phenoxy) is 5. The summed E-state index contributed by atoms with van der Waals surface area (Å²) in [7, 11) is 3.15. The van der Waals surface area contributed by atoms with Crippen LogP contribution in [0.4, 0.5) is 0 Å². The van der Waals surface area contributed by atoms with Crippen LogP contribution in [0.5, 0.6) is 23.0 Å². The summed E-state index contributed by atoms with van der Waals surface area (Å²) in [5.41, 5.74) is 6.06. The van der Waals surface area contributed by atoms with E-state index in [0.717, 1.165) is 35.7 Å². The van der Waals surface area contributed by atoms with Crippen molar-refractivity contribution in [2.75, 3.05) is 21.0 Å². The van der Waals surface area contributed by atoms with Crippen molar-refractivity contribution in [3.05, 3.63) is 40.6 Å². The number of benzene rings is 2. The first-order valence-corrected chi connectivity index (χ1v) is 9.90. The van der Waals surface area contributed by atoms with Crippen LogP contribution >= 0.6 is 0 Å². The number of cyclic esters (lactones) is 1. The average molecular weight is 405 g/mol. The van der Waals surface area contributed by atoms with Crippen LogP contribution in [0, 0.1) is 0 Å². The molecule has 3 heterocycles. The Balaban J connectivity index is 1.76. The van der Waals surface area contributed by atoms with Crippen LogP contribution in [0.2, 0.25) is 0 Å². The van der Waals surface area contributed by atoms with Gasteiger partial charge in [-0.3, -0.25) is 0 Å². The molecule has 0 N–H and O–H groups in total. The summed E-state index contributed by atoms with van der Waals surface area (Å²) in [5, 5.41) is 0.896. The van der Waals surface area contributed by atoms with E-state index in [-0.39, 0.29) is 19.4 Å². The molecule has 152 valence electrons. The molecule has 1 aromatic heterocycles. The quantitative estimate of drug-likeness (QED) is 0.614. The smallest absolute Gasteiger partial charge is 0.341 e. The Morgan fingerprint density at radius 2 is 1.87 bits per heavy atom. The second kappa shape index (κ2) is 6.26. The Bertz CT molecular complexity index is 1250. The lowest BCUT2D eigenvalue weighted by Crippen LogP contribution is -2.04. The van der Waals surface area contributed by atoms with Gasteiger partial charge in [0.15, 0.2) is 11.5 Å². The molecule has 30 heavy (non-hydrogen) atoms. The maximum atomic E-state index is 12.7. The second-order valence-corrected chi connectivity index (χ2v) is 7.56. The summed E-state index contributed by atoms with van der Waals surface area (Å²) >= 11 is 0. The molecule has 0 saturated heterocycles. The third-order valence-electron chi connectivity index (χ3n) is 6.11. The van der Waals surface area contributed by atoms with Crippen LogP contribution in [-0.4, -0.2) is 32.0 Å². The minimum absolute atomic E-state index is 0.0796. The van der Waals surface area contributed by atoms with Gasteiger partial charge in [0.25, 0.3) is 0 Å². The standard InChI is InChI=1S/C23H19NO6/c1-26-16-8-14(20(27-2)22-21(16)29-10-30-22)17-13-7-6-11-4-3-5-12(11)19(13)24-15-9-28-23(25)18(15)17/h6-8H,3-5,9-10H2,1-2H3. The summed E-state index contributed by atoms with van der Waals surface area (Å²) in [6.45, 7) is 0.251. The molecule has 3 aromatic rings. The zero-order valence-electron chi connectivity index (χ0n) is 16.7. The van der Waals surface area contributed by atoms with E-state index < -0.39 is 0 Å². The van der Waals surface area contributed by atoms with Crippen LogP contribution < -0.4 is 18.9 Å². The molecule has 7 nitrogen and oxygen atoms in total. The first kappa shape index (κ1) is 17.4. The minimum atomic E-state index is -0.381. The van der Waals surface area contributed by atoms with E-state index in [0.29, 0.717) is 39.8 Å². The number of methoxy groups -OCH3 is 2. The fourth-order valence-electron chi connectivity index (χ4n) is 4.81. The predicted molar refractivity (Wildman–Crippen MR) is 108 cm³/mol. The van der Waals surface area contributed by atoms with Crippen molar-refractivity contribution in [1.82, 2.24) is 4.98 Å². The topological polar surface area (TPSA) is 76.1 Å². The Kier molecular flexibility index (Phi) is 3.63. The van der Waals surface area contributed by atoms with Crippen LogP contribution in [0.15, 0.2) is 18.2 Å². The number of carbonyl (C=O) groups excluding carboxylic acids is 1. The maximum absolute atomic E-state index is 12.7. The summed E-state index contributed by atoms with van der Waals surface area (Å²) in [4.78, 5) is 17.6. The first-order valence-electron chi connectivity index (χ1n) is 9.90. The highest BCUT2D eigenvalue weighted by Gasteiger charge is 2.35. The lowest BCUT2D eigenvalue weighted by molar-refractivity contribution is 0.0534. The lowest BCUT2D eigenvalue weighted by atomic mass is 9.91. The number of aromatic nitrogens is 1. The number of esters is 1. The summed E-state index contributed by atoms with van der Waals surface area (Å²) in [6, 6.07) is 6.02. The number of hydrogen-bond acceptors (Lipinski definition) is 7. The average Bonchev–Trinajstić information content (AvgIpc) is 3.51. The third-order valence-corrected chi connectivity index (χ3v) is 6.11. The third kappa shape index (κ3) is 2.20. The summed E-state index contributed by atoms with van der Waals surface area (Å²) < 4.78 is 28.0. The van der Waals surface area contributed by atoms with Crippen LogP contribution in [0.25, 0.3) is 22.0 Å². The van der Waals surface area contributed by atoms with Gasteiger partial charge in [-0.2, -0.15) is 0 Å². The lowest BCUT2D eigenvalue weighted by Gasteiger charge is -2.18. The molecule has 6 rings (SSSR count).